The Hall–Kier alpha value is -2.15. The van der Waals surface area contributed by atoms with Crippen LogP contribution in [0.5, 0.6) is 0 Å². The third-order valence-corrected chi connectivity index (χ3v) is 1.59. The van der Waals surface area contributed by atoms with Crippen molar-refractivity contribution in [3.8, 4) is 6.07 Å². The SMILES string of the molecule is CCOC(=O)/C=C/c1ccc(C#N)cn1. The lowest BCUT2D eigenvalue weighted by molar-refractivity contribution is -0.137. The summed E-state index contributed by atoms with van der Waals surface area (Å²) in [4.78, 5) is 14.9. The molecular weight excluding hydrogens is 192 g/mol. The van der Waals surface area contributed by atoms with Crippen LogP contribution in [-0.4, -0.2) is 17.6 Å². The molecule has 0 aliphatic carbocycles. The monoisotopic (exact) mass is 202 g/mol. The van der Waals surface area contributed by atoms with Crippen LogP contribution in [-0.2, 0) is 9.53 Å². The molecule has 0 saturated carbocycles. The first-order valence-electron chi connectivity index (χ1n) is 4.47. The van der Waals surface area contributed by atoms with E-state index in [1.165, 1.54) is 12.3 Å². The Morgan fingerprint density at radius 2 is 2.47 bits per heavy atom. The fourth-order valence-electron chi connectivity index (χ4n) is 0.914. The van der Waals surface area contributed by atoms with Gasteiger partial charge in [0.2, 0.25) is 0 Å². The van der Waals surface area contributed by atoms with Crippen LogP contribution in [0.15, 0.2) is 24.4 Å². The molecule has 0 amide bonds. The van der Waals surface area contributed by atoms with E-state index >= 15 is 0 Å². The summed E-state index contributed by atoms with van der Waals surface area (Å²) in [5.41, 5.74) is 1.10. The number of ether oxygens (including phenoxy) is 1. The molecule has 1 heterocycles. The van der Waals surface area contributed by atoms with Gasteiger partial charge < -0.3 is 4.74 Å². The molecular formula is C11H10N2O2. The van der Waals surface area contributed by atoms with Crippen molar-refractivity contribution >= 4 is 12.0 Å². The van der Waals surface area contributed by atoms with Crippen LogP contribution < -0.4 is 0 Å². The van der Waals surface area contributed by atoms with Crippen LogP contribution in [0.3, 0.4) is 0 Å². The molecule has 0 fully saturated rings. The maximum atomic E-state index is 11.0. The standard InChI is InChI=1S/C11H10N2O2/c1-2-15-11(14)6-5-10-4-3-9(7-12)8-13-10/h3-6,8H,2H2,1H3/b6-5+. The molecule has 1 aromatic rings. The van der Waals surface area contributed by atoms with E-state index in [0.717, 1.165) is 0 Å². The first kappa shape index (κ1) is 10.9. The molecule has 76 valence electrons. The van der Waals surface area contributed by atoms with Gasteiger partial charge in [-0.3, -0.25) is 4.98 Å². The molecule has 4 heteroatoms. The molecule has 0 aliphatic heterocycles. The maximum absolute atomic E-state index is 11.0. The number of aromatic nitrogens is 1. The fourth-order valence-corrected chi connectivity index (χ4v) is 0.914. The molecule has 0 unspecified atom stereocenters. The molecule has 1 rings (SSSR count). The van der Waals surface area contributed by atoms with Crippen molar-refractivity contribution in [3.05, 3.63) is 35.7 Å². The number of hydrogen-bond acceptors (Lipinski definition) is 4. The van der Waals surface area contributed by atoms with Crippen LogP contribution in [0.4, 0.5) is 0 Å². The van der Waals surface area contributed by atoms with Crippen LogP contribution in [0.25, 0.3) is 6.08 Å². The number of nitrogens with zero attached hydrogens (tertiary/aromatic N) is 2. The van der Waals surface area contributed by atoms with Crippen molar-refractivity contribution in [2.75, 3.05) is 6.61 Å². The molecule has 0 N–H and O–H groups in total. The topological polar surface area (TPSA) is 63.0 Å². The molecule has 15 heavy (non-hydrogen) atoms. The number of esters is 1. The van der Waals surface area contributed by atoms with E-state index in [4.69, 9.17) is 10.00 Å². The van der Waals surface area contributed by atoms with Gasteiger partial charge in [-0.1, -0.05) is 0 Å². The molecule has 0 aliphatic rings. The molecule has 0 saturated heterocycles. The predicted octanol–water partition coefficient (Wildman–Crippen LogP) is 1.53. The zero-order valence-corrected chi connectivity index (χ0v) is 8.30. The Kier molecular flexibility index (Phi) is 4.05. The van der Waals surface area contributed by atoms with Crippen LogP contribution in [0.1, 0.15) is 18.2 Å². The maximum Gasteiger partial charge on any atom is 0.330 e. The van der Waals surface area contributed by atoms with Crippen molar-refractivity contribution in [1.29, 1.82) is 5.26 Å². The Bertz CT molecular complexity index is 402. The van der Waals surface area contributed by atoms with Gasteiger partial charge in [-0.05, 0) is 25.1 Å². The third-order valence-electron chi connectivity index (χ3n) is 1.59. The van der Waals surface area contributed by atoms with Crippen LogP contribution in [0, 0.1) is 11.3 Å². The normalized spacial score (nSPS) is 9.87. The lowest BCUT2D eigenvalue weighted by Crippen LogP contribution is -1.98. The zero-order valence-electron chi connectivity index (χ0n) is 8.30. The van der Waals surface area contributed by atoms with E-state index in [1.54, 1.807) is 25.1 Å². The second-order valence-electron chi connectivity index (χ2n) is 2.67. The summed E-state index contributed by atoms with van der Waals surface area (Å²) in [6, 6.07) is 5.26. The number of carbonyl (C=O) groups is 1. The molecule has 4 nitrogen and oxygen atoms in total. The smallest absolute Gasteiger partial charge is 0.330 e. The van der Waals surface area contributed by atoms with Gasteiger partial charge >= 0.3 is 5.97 Å². The van der Waals surface area contributed by atoms with Gasteiger partial charge in [0.05, 0.1) is 17.9 Å². The summed E-state index contributed by atoms with van der Waals surface area (Å²) >= 11 is 0. The Labute approximate surface area is 87.8 Å². The van der Waals surface area contributed by atoms with Gasteiger partial charge in [-0.2, -0.15) is 5.26 Å². The van der Waals surface area contributed by atoms with Crippen molar-refractivity contribution in [3.63, 3.8) is 0 Å². The number of carbonyl (C=O) groups excluding carboxylic acids is 1. The second kappa shape index (κ2) is 5.55. The highest BCUT2D eigenvalue weighted by Gasteiger charge is 1.95. The Balaban J connectivity index is 2.65. The molecule has 0 radical (unpaired) electrons. The van der Waals surface area contributed by atoms with E-state index in [0.29, 0.717) is 17.9 Å². The molecule has 0 atom stereocenters. The third kappa shape index (κ3) is 3.61. The van der Waals surface area contributed by atoms with Gasteiger partial charge in [0.1, 0.15) is 6.07 Å². The first-order valence-corrected chi connectivity index (χ1v) is 4.47. The quantitative estimate of drug-likeness (QED) is 0.550. The van der Waals surface area contributed by atoms with Crippen LogP contribution in [0.2, 0.25) is 0 Å². The van der Waals surface area contributed by atoms with E-state index in [1.807, 2.05) is 6.07 Å². The Morgan fingerprint density at radius 3 is 3.00 bits per heavy atom. The largest absolute Gasteiger partial charge is 0.463 e. The average molecular weight is 202 g/mol. The second-order valence-corrected chi connectivity index (χ2v) is 2.67. The van der Waals surface area contributed by atoms with Crippen molar-refractivity contribution in [1.82, 2.24) is 4.98 Å². The number of rotatable bonds is 3. The summed E-state index contributed by atoms with van der Waals surface area (Å²) in [5, 5.41) is 8.53. The summed E-state index contributed by atoms with van der Waals surface area (Å²) in [7, 11) is 0. The Morgan fingerprint density at radius 1 is 1.67 bits per heavy atom. The molecule has 0 aromatic carbocycles. The minimum Gasteiger partial charge on any atom is -0.463 e. The highest BCUT2D eigenvalue weighted by atomic mass is 16.5. The average Bonchev–Trinajstić information content (AvgIpc) is 2.27. The predicted molar refractivity (Wildman–Crippen MR) is 54.6 cm³/mol. The highest BCUT2D eigenvalue weighted by molar-refractivity contribution is 5.86. The van der Waals surface area contributed by atoms with Crippen molar-refractivity contribution in [2.45, 2.75) is 6.92 Å². The van der Waals surface area contributed by atoms with E-state index in [-0.39, 0.29) is 0 Å². The van der Waals surface area contributed by atoms with Gasteiger partial charge in [-0.15, -0.1) is 0 Å². The van der Waals surface area contributed by atoms with Crippen molar-refractivity contribution < 1.29 is 9.53 Å². The molecule has 1 aromatic heterocycles. The summed E-state index contributed by atoms with van der Waals surface area (Å²) in [5.74, 6) is -0.399. The highest BCUT2D eigenvalue weighted by Crippen LogP contribution is 2.00. The molecule has 0 spiro atoms. The van der Waals surface area contributed by atoms with E-state index < -0.39 is 5.97 Å². The summed E-state index contributed by atoms with van der Waals surface area (Å²) < 4.78 is 4.70. The number of pyridine rings is 1. The lowest BCUT2D eigenvalue weighted by atomic mass is 10.2. The number of hydrogen-bond donors (Lipinski definition) is 0. The van der Waals surface area contributed by atoms with Gasteiger partial charge in [0, 0.05) is 12.3 Å². The van der Waals surface area contributed by atoms with Gasteiger partial charge in [0.15, 0.2) is 0 Å². The fraction of sp³-hybridized carbons (Fsp3) is 0.182. The summed E-state index contributed by atoms with van der Waals surface area (Å²) in [6.07, 6.45) is 4.29. The van der Waals surface area contributed by atoms with E-state index in [9.17, 15) is 4.79 Å². The summed E-state index contributed by atoms with van der Waals surface area (Å²) in [6.45, 7) is 2.09. The van der Waals surface area contributed by atoms with Gasteiger partial charge in [0.25, 0.3) is 0 Å². The zero-order chi connectivity index (χ0) is 11.1. The van der Waals surface area contributed by atoms with Crippen LogP contribution >= 0.6 is 0 Å². The lowest BCUT2D eigenvalue weighted by Gasteiger charge is -1.95. The minimum atomic E-state index is -0.399. The minimum absolute atomic E-state index is 0.351. The molecule has 0 bridgehead atoms. The van der Waals surface area contributed by atoms with E-state index in [2.05, 4.69) is 4.98 Å². The van der Waals surface area contributed by atoms with Crippen molar-refractivity contribution in [2.24, 2.45) is 0 Å². The first-order chi connectivity index (χ1) is 7.26. The number of nitriles is 1. The van der Waals surface area contributed by atoms with Gasteiger partial charge in [-0.25, -0.2) is 4.79 Å².